The van der Waals surface area contributed by atoms with Crippen LogP contribution in [0.15, 0.2) is 36.4 Å². The summed E-state index contributed by atoms with van der Waals surface area (Å²) >= 11 is 6.03. The van der Waals surface area contributed by atoms with Crippen molar-refractivity contribution in [1.82, 2.24) is 5.32 Å². The Bertz CT molecular complexity index is 786. The number of ether oxygens (including phenoxy) is 2. The topological polar surface area (TPSA) is 76.7 Å². The van der Waals surface area contributed by atoms with Gasteiger partial charge in [-0.25, -0.2) is 0 Å². The Morgan fingerprint density at radius 1 is 1.04 bits per heavy atom. The zero-order valence-electron chi connectivity index (χ0n) is 14.9. The Morgan fingerprint density at radius 2 is 1.69 bits per heavy atom. The number of hydrogen-bond donors (Lipinski definition) is 2. The lowest BCUT2D eigenvalue weighted by Crippen LogP contribution is -2.27. The number of carbonyl (C=O) groups excluding carboxylic acids is 2. The summed E-state index contributed by atoms with van der Waals surface area (Å²) in [4.78, 5) is 24.2. The molecule has 2 aromatic rings. The van der Waals surface area contributed by atoms with Gasteiger partial charge in [0.15, 0.2) is 0 Å². The number of rotatable bonds is 7. The van der Waals surface area contributed by atoms with Gasteiger partial charge >= 0.3 is 0 Å². The van der Waals surface area contributed by atoms with Crippen LogP contribution in [0.3, 0.4) is 0 Å². The maximum absolute atomic E-state index is 12.2. The van der Waals surface area contributed by atoms with Crippen LogP contribution in [-0.2, 0) is 4.79 Å². The van der Waals surface area contributed by atoms with Crippen molar-refractivity contribution in [2.24, 2.45) is 0 Å². The second-order valence-corrected chi connectivity index (χ2v) is 6.03. The molecular weight excluding hydrogens is 356 g/mol. The zero-order valence-corrected chi connectivity index (χ0v) is 15.6. The Kier molecular flexibility index (Phi) is 6.86. The quantitative estimate of drug-likeness (QED) is 0.776. The minimum atomic E-state index is -0.312. The fourth-order valence-electron chi connectivity index (χ4n) is 2.22. The molecule has 0 fully saturated rings. The average Bonchev–Trinajstić information content (AvgIpc) is 2.64. The van der Waals surface area contributed by atoms with Crippen molar-refractivity contribution in [3.8, 4) is 11.5 Å². The number of hydrogen-bond acceptors (Lipinski definition) is 4. The number of carbonyl (C=O) groups is 2. The van der Waals surface area contributed by atoms with Crippen LogP contribution in [0.5, 0.6) is 11.5 Å². The molecule has 2 N–H and O–H groups in total. The van der Waals surface area contributed by atoms with E-state index in [9.17, 15) is 9.59 Å². The second-order valence-electron chi connectivity index (χ2n) is 5.62. The molecule has 0 atom stereocenters. The first kappa shape index (κ1) is 19.6. The SMILES string of the molecule is COc1cc(OC)cc(C(=O)NCCC(=O)Nc2ccc(C)c(Cl)c2)c1. The van der Waals surface area contributed by atoms with Crippen LogP contribution >= 0.6 is 11.6 Å². The summed E-state index contributed by atoms with van der Waals surface area (Å²) in [7, 11) is 3.02. The summed E-state index contributed by atoms with van der Waals surface area (Å²) < 4.78 is 10.3. The third-order valence-electron chi connectivity index (χ3n) is 3.71. The summed E-state index contributed by atoms with van der Waals surface area (Å²) in [6.45, 7) is 2.08. The van der Waals surface area contributed by atoms with E-state index in [1.165, 1.54) is 14.2 Å². The number of halogens is 1. The number of amides is 2. The van der Waals surface area contributed by atoms with Gasteiger partial charge in [0.05, 0.1) is 14.2 Å². The summed E-state index contributed by atoms with van der Waals surface area (Å²) in [5, 5.41) is 6.03. The molecule has 2 amide bonds. The molecule has 138 valence electrons. The molecule has 0 aliphatic heterocycles. The summed E-state index contributed by atoms with van der Waals surface area (Å²) in [6, 6.07) is 10.2. The van der Waals surface area contributed by atoms with Crippen LogP contribution in [0.25, 0.3) is 0 Å². The first-order valence-electron chi connectivity index (χ1n) is 8.00. The lowest BCUT2D eigenvalue weighted by molar-refractivity contribution is -0.116. The van der Waals surface area contributed by atoms with Gasteiger partial charge in [-0.2, -0.15) is 0 Å². The highest BCUT2D eigenvalue weighted by Crippen LogP contribution is 2.22. The molecule has 0 radical (unpaired) electrons. The van der Waals surface area contributed by atoms with Gasteiger partial charge in [0.2, 0.25) is 5.91 Å². The average molecular weight is 377 g/mol. The maximum atomic E-state index is 12.2. The summed E-state index contributed by atoms with van der Waals surface area (Å²) in [5.74, 6) is 0.508. The number of methoxy groups -OCH3 is 2. The molecule has 0 unspecified atom stereocenters. The largest absolute Gasteiger partial charge is 0.497 e. The van der Waals surface area contributed by atoms with Crippen molar-refractivity contribution >= 4 is 29.1 Å². The van der Waals surface area contributed by atoms with E-state index in [0.717, 1.165) is 5.56 Å². The molecule has 2 aromatic carbocycles. The van der Waals surface area contributed by atoms with Gasteiger partial charge in [-0.3, -0.25) is 9.59 Å². The predicted molar refractivity (Wildman–Crippen MR) is 101 cm³/mol. The summed E-state index contributed by atoms with van der Waals surface area (Å²) in [5.41, 5.74) is 1.95. The van der Waals surface area contributed by atoms with Crippen LogP contribution in [-0.4, -0.2) is 32.6 Å². The second kappa shape index (κ2) is 9.10. The molecule has 0 aromatic heterocycles. The van der Waals surface area contributed by atoms with E-state index in [1.54, 1.807) is 30.3 Å². The third kappa shape index (κ3) is 5.39. The van der Waals surface area contributed by atoms with Gasteiger partial charge in [-0.15, -0.1) is 0 Å². The molecule has 0 bridgehead atoms. The van der Waals surface area contributed by atoms with Gasteiger partial charge in [0.1, 0.15) is 11.5 Å². The Balaban J connectivity index is 1.87. The number of anilines is 1. The highest BCUT2D eigenvalue weighted by molar-refractivity contribution is 6.31. The van der Waals surface area contributed by atoms with Crippen LogP contribution in [0.1, 0.15) is 22.3 Å². The first-order chi connectivity index (χ1) is 12.4. The first-order valence-corrected chi connectivity index (χ1v) is 8.38. The fourth-order valence-corrected chi connectivity index (χ4v) is 2.40. The number of aryl methyl sites for hydroxylation is 1. The van der Waals surface area contributed by atoms with E-state index in [-0.39, 0.29) is 24.8 Å². The van der Waals surface area contributed by atoms with Crippen LogP contribution in [0.4, 0.5) is 5.69 Å². The highest BCUT2D eigenvalue weighted by atomic mass is 35.5. The molecule has 0 saturated heterocycles. The fraction of sp³-hybridized carbons (Fsp3) is 0.263. The molecule has 0 spiro atoms. The molecule has 0 aliphatic carbocycles. The van der Waals surface area contributed by atoms with Crippen LogP contribution in [0, 0.1) is 6.92 Å². The number of nitrogens with one attached hydrogen (secondary N) is 2. The molecule has 6 nitrogen and oxygen atoms in total. The van der Waals surface area contributed by atoms with E-state index >= 15 is 0 Å². The lowest BCUT2D eigenvalue weighted by atomic mass is 10.2. The molecule has 7 heteroatoms. The van der Waals surface area contributed by atoms with Crippen molar-refractivity contribution in [2.75, 3.05) is 26.1 Å². The Morgan fingerprint density at radius 3 is 2.27 bits per heavy atom. The molecule has 2 rings (SSSR count). The molecule has 0 aliphatic rings. The van der Waals surface area contributed by atoms with Crippen LogP contribution in [0.2, 0.25) is 5.02 Å². The Labute approximate surface area is 157 Å². The van der Waals surface area contributed by atoms with E-state index in [4.69, 9.17) is 21.1 Å². The predicted octanol–water partition coefficient (Wildman–Crippen LogP) is 3.42. The van der Waals surface area contributed by atoms with Crippen molar-refractivity contribution in [3.63, 3.8) is 0 Å². The standard InChI is InChI=1S/C19H21ClN2O4/c1-12-4-5-14(10-17(12)20)22-18(23)6-7-21-19(24)13-8-15(25-2)11-16(9-13)26-3/h4-5,8-11H,6-7H2,1-3H3,(H,21,24)(H,22,23). The van der Waals surface area contributed by atoms with Crippen molar-refractivity contribution in [2.45, 2.75) is 13.3 Å². The normalized spacial score (nSPS) is 10.2. The molecule has 0 heterocycles. The van der Waals surface area contributed by atoms with Crippen molar-refractivity contribution < 1.29 is 19.1 Å². The minimum absolute atomic E-state index is 0.137. The van der Waals surface area contributed by atoms with Gasteiger partial charge in [-0.05, 0) is 36.8 Å². The highest BCUT2D eigenvalue weighted by Gasteiger charge is 2.11. The van der Waals surface area contributed by atoms with Crippen molar-refractivity contribution in [3.05, 3.63) is 52.5 Å². The monoisotopic (exact) mass is 376 g/mol. The van der Waals surface area contributed by atoms with Gasteiger partial charge in [0.25, 0.3) is 5.91 Å². The van der Waals surface area contributed by atoms with Gasteiger partial charge < -0.3 is 20.1 Å². The Hall–Kier alpha value is -2.73. The molecule has 0 saturated carbocycles. The van der Waals surface area contributed by atoms with Gasteiger partial charge in [-0.1, -0.05) is 17.7 Å². The third-order valence-corrected chi connectivity index (χ3v) is 4.11. The van der Waals surface area contributed by atoms with E-state index < -0.39 is 0 Å². The minimum Gasteiger partial charge on any atom is -0.497 e. The number of benzene rings is 2. The lowest BCUT2D eigenvalue weighted by Gasteiger charge is -2.10. The zero-order chi connectivity index (χ0) is 19.1. The van der Waals surface area contributed by atoms with E-state index in [2.05, 4.69) is 10.6 Å². The smallest absolute Gasteiger partial charge is 0.251 e. The molecule has 26 heavy (non-hydrogen) atoms. The van der Waals surface area contributed by atoms with Gasteiger partial charge in [0, 0.05) is 35.3 Å². The van der Waals surface area contributed by atoms with Crippen LogP contribution < -0.4 is 20.1 Å². The maximum Gasteiger partial charge on any atom is 0.251 e. The molecular formula is C19H21ClN2O4. The van der Waals surface area contributed by atoms with E-state index in [0.29, 0.717) is 27.8 Å². The van der Waals surface area contributed by atoms with E-state index in [1.807, 2.05) is 13.0 Å². The van der Waals surface area contributed by atoms with Crippen molar-refractivity contribution in [1.29, 1.82) is 0 Å². The summed E-state index contributed by atoms with van der Waals surface area (Å²) in [6.07, 6.45) is 0.137.